The van der Waals surface area contributed by atoms with Crippen molar-refractivity contribution in [1.82, 2.24) is 15.0 Å². The molecule has 0 N–H and O–H groups in total. The second-order valence-electron chi connectivity index (χ2n) is 5.43. The minimum Gasteiger partial charge on any atom is -0.252 e. The molecule has 4 aromatic rings. The number of nitrogens with zero attached hydrogens (tertiary/aromatic N) is 3. The predicted octanol–water partition coefficient (Wildman–Crippen LogP) is 4.86. The van der Waals surface area contributed by atoms with Crippen LogP contribution in [0.2, 0.25) is 0 Å². The monoisotopic (exact) mass is 309 g/mol. The van der Waals surface area contributed by atoms with Crippen molar-refractivity contribution in [2.75, 3.05) is 0 Å². The van der Waals surface area contributed by atoms with Gasteiger partial charge in [0.1, 0.15) is 0 Å². The molecule has 24 heavy (non-hydrogen) atoms. The Balaban J connectivity index is 1.63. The summed E-state index contributed by atoms with van der Waals surface area (Å²) in [7, 11) is 0. The van der Waals surface area contributed by atoms with Crippen molar-refractivity contribution >= 4 is 23.2 Å². The van der Waals surface area contributed by atoms with Crippen molar-refractivity contribution in [2.24, 2.45) is 0 Å². The molecule has 0 saturated carbocycles. The van der Waals surface area contributed by atoms with Gasteiger partial charge in [0.2, 0.25) is 0 Å². The van der Waals surface area contributed by atoms with Crippen LogP contribution in [0.3, 0.4) is 0 Å². The van der Waals surface area contributed by atoms with Gasteiger partial charge in [0, 0.05) is 5.56 Å². The fraction of sp³-hybridized carbons (Fsp3) is 0. The van der Waals surface area contributed by atoms with E-state index in [9.17, 15) is 0 Å². The maximum absolute atomic E-state index is 4.69. The Morgan fingerprint density at radius 1 is 0.583 bits per heavy atom. The summed E-state index contributed by atoms with van der Waals surface area (Å²) < 4.78 is 0. The van der Waals surface area contributed by atoms with Gasteiger partial charge in [-0.1, -0.05) is 48.5 Å². The number of hydrogen-bond acceptors (Lipinski definition) is 3. The van der Waals surface area contributed by atoms with Gasteiger partial charge in [0.05, 0.1) is 34.3 Å². The predicted molar refractivity (Wildman–Crippen MR) is 98.1 cm³/mol. The Morgan fingerprint density at radius 3 is 2.21 bits per heavy atom. The third-order valence-electron chi connectivity index (χ3n) is 3.73. The van der Waals surface area contributed by atoms with Crippen LogP contribution in [0.15, 0.2) is 79.0 Å². The molecule has 3 heteroatoms. The molecule has 0 atom stereocenters. The van der Waals surface area contributed by atoms with E-state index in [-0.39, 0.29) is 0 Å². The number of aromatic nitrogens is 3. The zero-order chi connectivity index (χ0) is 16.2. The van der Waals surface area contributed by atoms with E-state index in [1.165, 1.54) is 0 Å². The van der Waals surface area contributed by atoms with E-state index < -0.39 is 0 Å². The van der Waals surface area contributed by atoms with Gasteiger partial charge in [-0.3, -0.25) is 4.98 Å². The molecular weight excluding hydrogens is 294 g/mol. The van der Waals surface area contributed by atoms with Crippen LogP contribution in [-0.4, -0.2) is 15.0 Å². The molecule has 0 spiro atoms. The molecule has 0 aliphatic carbocycles. The van der Waals surface area contributed by atoms with E-state index in [0.29, 0.717) is 0 Å². The lowest BCUT2D eigenvalue weighted by Gasteiger charge is -2.02. The first-order chi connectivity index (χ1) is 11.9. The summed E-state index contributed by atoms with van der Waals surface area (Å²) in [4.78, 5) is 13.7. The molecule has 0 bridgehead atoms. The molecule has 0 aliphatic heterocycles. The number of hydrogen-bond donors (Lipinski definition) is 0. The van der Waals surface area contributed by atoms with Gasteiger partial charge < -0.3 is 0 Å². The van der Waals surface area contributed by atoms with E-state index in [1.54, 1.807) is 6.20 Å². The minimum atomic E-state index is 0.820. The van der Waals surface area contributed by atoms with Gasteiger partial charge in [0.15, 0.2) is 0 Å². The van der Waals surface area contributed by atoms with E-state index in [2.05, 4.69) is 27.1 Å². The highest BCUT2D eigenvalue weighted by molar-refractivity contribution is 5.76. The van der Waals surface area contributed by atoms with Gasteiger partial charge in [-0.05, 0) is 36.4 Å². The fourth-order valence-electron chi connectivity index (χ4n) is 2.54. The summed E-state index contributed by atoms with van der Waals surface area (Å²) in [5.41, 5.74) is 5.58. The number of para-hydroxylation sites is 2. The Hall–Kier alpha value is -3.33. The van der Waals surface area contributed by atoms with Gasteiger partial charge in [-0.25, -0.2) is 9.97 Å². The van der Waals surface area contributed by atoms with E-state index in [0.717, 1.165) is 33.7 Å². The maximum atomic E-state index is 4.69. The molecule has 0 aliphatic rings. The Bertz CT molecular complexity index is 1010. The molecule has 0 fully saturated rings. The molecular formula is C21H15N3. The number of fused-ring (bicyclic) bond motifs is 1. The summed E-state index contributed by atoms with van der Waals surface area (Å²) in [6.45, 7) is 0. The van der Waals surface area contributed by atoms with E-state index >= 15 is 0 Å². The summed E-state index contributed by atoms with van der Waals surface area (Å²) in [5, 5.41) is 0. The highest BCUT2D eigenvalue weighted by Crippen LogP contribution is 2.17. The number of rotatable bonds is 3. The summed E-state index contributed by atoms with van der Waals surface area (Å²) >= 11 is 0. The highest BCUT2D eigenvalue weighted by atomic mass is 14.8. The SMILES string of the molecule is C(=Cc1cnc2ccccc2n1)c1cccc(-c2ccccc2)n1. The maximum Gasteiger partial charge on any atom is 0.0894 e. The summed E-state index contributed by atoms with van der Waals surface area (Å²) in [6.07, 6.45) is 5.68. The van der Waals surface area contributed by atoms with Crippen molar-refractivity contribution < 1.29 is 0 Å². The van der Waals surface area contributed by atoms with Gasteiger partial charge in [0.25, 0.3) is 0 Å². The quantitative estimate of drug-likeness (QED) is 0.542. The topological polar surface area (TPSA) is 38.7 Å². The van der Waals surface area contributed by atoms with Crippen LogP contribution in [-0.2, 0) is 0 Å². The van der Waals surface area contributed by atoms with Crippen LogP contribution in [0.25, 0.3) is 34.4 Å². The van der Waals surface area contributed by atoms with Crippen LogP contribution >= 0.6 is 0 Å². The summed E-state index contributed by atoms with van der Waals surface area (Å²) in [5.74, 6) is 0. The second-order valence-corrected chi connectivity index (χ2v) is 5.43. The van der Waals surface area contributed by atoms with Crippen molar-refractivity contribution in [3.8, 4) is 11.3 Å². The lowest BCUT2D eigenvalue weighted by molar-refractivity contribution is 1.26. The third kappa shape index (κ3) is 3.06. The summed E-state index contributed by atoms with van der Waals surface area (Å²) in [6, 6.07) is 24.0. The first kappa shape index (κ1) is 14.3. The van der Waals surface area contributed by atoms with Crippen LogP contribution in [0.5, 0.6) is 0 Å². The van der Waals surface area contributed by atoms with Gasteiger partial charge in [-0.15, -0.1) is 0 Å². The zero-order valence-electron chi connectivity index (χ0n) is 13.0. The number of benzene rings is 2. The van der Waals surface area contributed by atoms with E-state index in [1.807, 2.05) is 72.8 Å². The van der Waals surface area contributed by atoms with Gasteiger partial charge >= 0.3 is 0 Å². The first-order valence-electron chi connectivity index (χ1n) is 7.81. The van der Waals surface area contributed by atoms with Crippen molar-refractivity contribution in [3.63, 3.8) is 0 Å². The average molecular weight is 309 g/mol. The molecule has 2 heterocycles. The van der Waals surface area contributed by atoms with Crippen LogP contribution in [0, 0.1) is 0 Å². The molecule has 2 aromatic heterocycles. The van der Waals surface area contributed by atoms with Crippen molar-refractivity contribution in [2.45, 2.75) is 0 Å². The lowest BCUT2D eigenvalue weighted by atomic mass is 10.1. The molecule has 2 aromatic carbocycles. The van der Waals surface area contributed by atoms with Crippen LogP contribution in [0.4, 0.5) is 0 Å². The second kappa shape index (κ2) is 6.42. The smallest absolute Gasteiger partial charge is 0.0894 e. The molecule has 4 rings (SSSR count). The highest BCUT2D eigenvalue weighted by Gasteiger charge is 1.99. The molecule has 0 unspecified atom stereocenters. The molecule has 0 saturated heterocycles. The standard InChI is InChI=1S/C21H15N3/c1-2-7-16(8-3-1)19-12-6-9-17(23-19)13-14-18-15-22-20-10-4-5-11-21(20)24-18/h1-15H. The Labute approximate surface area is 140 Å². The van der Waals surface area contributed by atoms with Crippen LogP contribution < -0.4 is 0 Å². The average Bonchev–Trinajstić information content (AvgIpc) is 2.67. The molecule has 114 valence electrons. The largest absolute Gasteiger partial charge is 0.252 e. The number of pyridine rings is 1. The lowest BCUT2D eigenvalue weighted by Crippen LogP contribution is -1.88. The molecule has 0 radical (unpaired) electrons. The van der Waals surface area contributed by atoms with E-state index in [4.69, 9.17) is 0 Å². The first-order valence-corrected chi connectivity index (χ1v) is 7.81. The van der Waals surface area contributed by atoms with Gasteiger partial charge in [-0.2, -0.15) is 0 Å². The molecule has 0 amide bonds. The minimum absolute atomic E-state index is 0.820. The van der Waals surface area contributed by atoms with Crippen molar-refractivity contribution in [1.29, 1.82) is 0 Å². The Kier molecular flexibility index (Phi) is 3.82. The fourth-order valence-corrected chi connectivity index (χ4v) is 2.54. The Morgan fingerprint density at radius 2 is 1.33 bits per heavy atom. The van der Waals surface area contributed by atoms with Crippen molar-refractivity contribution in [3.05, 3.63) is 90.4 Å². The van der Waals surface area contributed by atoms with Crippen LogP contribution in [0.1, 0.15) is 11.4 Å². The third-order valence-corrected chi connectivity index (χ3v) is 3.73. The molecule has 3 nitrogen and oxygen atoms in total. The zero-order valence-corrected chi connectivity index (χ0v) is 13.0. The normalized spacial score (nSPS) is 11.2.